The number of aliphatic hydroxyl groups is 1. The summed E-state index contributed by atoms with van der Waals surface area (Å²) in [5.74, 6) is -0.566. The van der Waals surface area contributed by atoms with E-state index < -0.39 is 18.1 Å². The van der Waals surface area contributed by atoms with Crippen molar-refractivity contribution < 1.29 is 15.0 Å². The third kappa shape index (κ3) is 2.26. The number of nitrogens with zero attached hydrogens (tertiary/aromatic N) is 3. The van der Waals surface area contributed by atoms with Crippen molar-refractivity contribution in [1.82, 2.24) is 4.98 Å². The van der Waals surface area contributed by atoms with Crippen molar-refractivity contribution in [2.75, 3.05) is 11.4 Å². The van der Waals surface area contributed by atoms with Gasteiger partial charge in [0.1, 0.15) is 11.9 Å². The number of pyridine rings is 1. The van der Waals surface area contributed by atoms with Crippen LogP contribution < -0.4 is 4.90 Å². The molecule has 18 heavy (non-hydrogen) atoms. The number of aryl methyl sites for hydroxylation is 1. The molecule has 2 rings (SSSR count). The van der Waals surface area contributed by atoms with Gasteiger partial charge in [0.2, 0.25) is 0 Å². The Morgan fingerprint density at radius 2 is 2.33 bits per heavy atom. The number of anilines is 1. The van der Waals surface area contributed by atoms with E-state index in [1.165, 1.54) is 4.90 Å². The molecule has 0 amide bonds. The molecule has 1 aliphatic rings. The van der Waals surface area contributed by atoms with Crippen LogP contribution in [0.15, 0.2) is 12.1 Å². The zero-order chi connectivity index (χ0) is 13.3. The topological polar surface area (TPSA) is 97.5 Å². The van der Waals surface area contributed by atoms with Crippen LogP contribution in [-0.2, 0) is 4.79 Å². The maximum atomic E-state index is 11.1. The van der Waals surface area contributed by atoms with Crippen LogP contribution in [0.2, 0.25) is 0 Å². The van der Waals surface area contributed by atoms with Crippen LogP contribution in [0.3, 0.4) is 0 Å². The molecule has 2 atom stereocenters. The second kappa shape index (κ2) is 4.63. The number of carboxylic acid groups (broad SMARTS) is 1. The van der Waals surface area contributed by atoms with Crippen molar-refractivity contribution in [3.05, 3.63) is 23.4 Å². The lowest BCUT2D eigenvalue weighted by Gasteiger charge is -2.22. The van der Waals surface area contributed by atoms with Gasteiger partial charge < -0.3 is 15.1 Å². The number of carbonyl (C=O) groups is 1. The maximum absolute atomic E-state index is 11.1. The first-order valence-electron chi connectivity index (χ1n) is 5.57. The molecule has 1 saturated heterocycles. The summed E-state index contributed by atoms with van der Waals surface area (Å²) in [7, 11) is 0. The molecule has 0 aliphatic carbocycles. The number of aromatic nitrogens is 1. The summed E-state index contributed by atoms with van der Waals surface area (Å²) in [6, 6.07) is 4.39. The van der Waals surface area contributed by atoms with Crippen molar-refractivity contribution in [2.24, 2.45) is 0 Å². The van der Waals surface area contributed by atoms with E-state index in [0.717, 1.165) is 0 Å². The third-order valence-electron chi connectivity index (χ3n) is 2.93. The molecule has 0 radical (unpaired) electrons. The van der Waals surface area contributed by atoms with E-state index in [9.17, 15) is 9.90 Å². The van der Waals surface area contributed by atoms with Gasteiger partial charge in [-0.2, -0.15) is 5.26 Å². The van der Waals surface area contributed by atoms with E-state index in [4.69, 9.17) is 10.4 Å². The lowest BCUT2D eigenvalue weighted by molar-refractivity contribution is -0.138. The second-order valence-corrected chi connectivity index (χ2v) is 4.36. The number of carboxylic acids is 1. The molecule has 6 nitrogen and oxygen atoms in total. The Morgan fingerprint density at radius 1 is 1.61 bits per heavy atom. The predicted octanol–water partition coefficient (Wildman–Crippen LogP) is 0.286. The minimum absolute atomic E-state index is 0.173. The Bertz CT molecular complexity index is 524. The summed E-state index contributed by atoms with van der Waals surface area (Å²) in [6.07, 6.45) is -0.508. The summed E-state index contributed by atoms with van der Waals surface area (Å²) in [5, 5.41) is 27.6. The van der Waals surface area contributed by atoms with Gasteiger partial charge in [0, 0.05) is 18.7 Å². The number of β-amino-alcohol motifs (C(OH)–C–C–N with tert-alkyl or cyclic N) is 1. The highest BCUT2D eigenvalue weighted by atomic mass is 16.4. The highest BCUT2D eigenvalue weighted by Crippen LogP contribution is 2.25. The fourth-order valence-electron chi connectivity index (χ4n) is 2.16. The van der Waals surface area contributed by atoms with Crippen molar-refractivity contribution in [1.29, 1.82) is 5.26 Å². The van der Waals surface area contributed by atoms with E-state index in [-0.39, 0.29) is 13.0 Å². The number of aliphatic carboxylic acids is 1. The van der Waals surface area contributed by atoms with Gasteiger partial charge in [0.05, 0.1) is 17.7 Å². The molecule has 1 aliphatic heterocycles. The fraction of sp³-hybridized carbons (Fsp3) is 0.417. The first-order valence-corrected chi connectivity index (χ1v) is 5.57. The van der Waals surface area contributed by atoms with Gasteiger partial charge in [-0.3, -0.25) is 0 Å². The van der Waals surface area contributed by atoms with Gasteiger partial charge in [0.15, 0.2) is 0 Å². The van der Waals surface area contributed by atoms with Crippen LogP contribution >= 0.6 is 0 Å². The average Bonchev–Trinajstić information content (AvgIpc) is 2.70. The number of nitriles is 1. The predicted molar refractivity (Wildman–Crippen MR) is 63.1 cm³/mol. The van der Waals surface area contributed by atoms with E-state index in [1.54, 1.807) is 19.1 Å². The number of hydrogen-bond acceptors (Lipinski definition) is 5. The van der Waals surface area contributed by atoms with Gasteiger partial charge in [-0.15, -0.1) is 0 Å². The second-order valence-electron chi connectivity index (χ2n) is 4.36. The van der Waals surface area contributed by atoms with Crippen LogP contribution in [0.1, 0.15) is 17.7 Å². The van der Waals surface area contributed by atoms with Crippen LogP contribution in [0.4, 0.5) is 5.82 Å². The highest BCUT2D eigenvalue weighted by molar-refractivity contribution is 5.78. The molecule has 94 valence electrons. The minimum Gasteiger partial charge on any atom is -0.480 e. The monoisotopic (exact) mass is 247 g/mol. The number of aliphatic hydroxyl groups excluding tert-OH is 1. The van der Waals surface area contributed by atoms with Crippen LogP contribution in [0.5, 0.6) is 0 Å². The molecule has 2 heterocycles. The Kier molecular flexibility index (Phi) is 3.17. The van der Waals surface area contributed by atoms with E-state index in [0.29, 0.717) is 17.1 Å². The molecule has 6 heteroatoms. The summed E-state index contributed by atoms with van der Waals surface area (Å²) in [4.78, 5) is 16.9. The fourth-order valence-corrected chi connectivity index (χ4v) is 2.16. The first kappa shape index (κ1) is 12.3. The highest BCUT2D eigenvalue weighted by Gasteiger charge is 2.36. The van der Waals surface area contributed by atoms with Crippen molar-refractivity contribution in [2.45, 2.75) is 25.5 Å². The molecule has 0 aromatic carbocycles. The van der Waals surface area contributed by atoms with E-state index >= 15 is 0 Å². The van der Waals surface area contributed by atoms with Gasteiger partial charge in [-0.1, -0.05) is 0 Å². The summed E-state index contributed by atoms with van der Waals surface area (Å²) < 4.78 is 0. The normalized spacial score (nSPS) is 22.8. The molecule has 0 spiro atoms. The summed E-state index contributed by atoms with van der Waals surface area (Å²) in [6.45, 7) is 1.96. The quantitative estimate of drug-likeness (QED) is 0.779. The van der Waals surface area contributed by atoms with Crippen LogP contribution in [-0.4, -0.2) is 39.9 Å². The molecule has 2 N–H and O–H groups in total. The number of hydrogen-bond donors (Lipinski definition) is 2. The summed E-state index contributed by atoms with van der Waals surface area (Å²) >= 11 is 0. The van der Waals surface area contributed by atoms with Crippen molar-refractivity contribution >= 4 is 11.8 Å². The maximum Gasteiger partial charge on any atom is 0.326 e. The lowest BCUT2D eigenvalue weighted by Crippen LogP contribution is -2.36. The van der Waals surface area contributed by atoms with Gasteiger partial charge in [-0.25, -0.2) is 9.78 Å². The Balaban J connectivity index is 2.38. The van der Waals surface area contributed by atoms with E-state index in [2.05, 4.69) is 4.98 Å². The molecular weight excluding hydrogens is 234 g/mol. The average molecular weight is 247 g/mol. The van der Waals surface area contributed by atoms with Gasteiger partial charge in [-0.05, 0) is 19.1 Å². The molecule has 1 fully saturated rings. The lowest BCUT2D eigenvalue weighted by atomic mass is 10.2. The molecule has 0 bridgehead atoms. The van der Waals surface area contributed by atoms with Gasteiger partial charge in [0.25, 0.3) is 0 Å². The molecule has 2 unspecified atom stereocenters. The molecule has 0 saturated carbocycles. The molecular formula is C12H13N3O3. The van der Waals surface area contributed by atoms with Crippen molar-refractivity contribution in [3.63, 3.8) is 0 Å². The van der Waals surface area contributed by atoms with Gasteiger partial charge >= 0.3 is 5.97 Å². The Morgan fingerprint density at radius 3 is 2.94 bits per heavy atom. The SMILES string of the molecule is Cc1cc(C#N)cc(N2CC(O)CC2C(=O)O)n1. The standard InChI is InChI=1S/C12H13N3O3/c1-7-2-8(5-13)3-11(14-7)15-6-9(16)4-10(15)12(17)18/h2-3,9-10,16H,4,6H2,1H3,(H,17,18). The third-order valence-corrected chi connectivity index (χ3v) is 2.93. The van der Waals surface area contributed by atoms with Crippen LogP contribution in [0, 0.1) is 18.3 Å². The zero-order valence-electron chi connectivity index (χ0n) is 9.87. The largest absolute Gasteiger partial charge is 0.480 e. The van der Waals surface area contributed by atoms with Crippen molar-refractivity contribution in [3.8, 4) is 6.07 Å². The van der Waals surface area contributed by atoms with E-state index in [1.807, 2.05) is 6.07 Å². The Hall–Kier alpha value is -2.13. The molecule has 1 aromatic rings. The molecule has 1 aromatic heterocycles. The summed E-state index contributed by atoms with van der Waals surface area (Å²) in [5.41, 5.74) is 1.08. The van der Waals surface area contributed by atoms with Crippen LogP contribution in [0.25, 0.3) is 0 Å². The smallest absolute Gasteiger partial charge is 0.326 e. The number of rotatable bonds is 2. The minimum atomic E-state index is -0.992. The zero-order valence-corrected chi connectivity index (χ0v) is 9.87. The Labute approximate surface area is 104 Å². The first-order chi connectivity index (χ1) is 8.51.